The highest BCUT2D eigenvalue weighted by atomic mass is 16.1. The summed E-state index contributed by atoms with van der Waals surface area (Å²) in [5.74, 6) is -0.580. The number of hydrogen-bond donors (Lipinski definition) is 2. The second-order valence-corrected chi connectivity index (χ2v) is 2.57. The van der Waals surface area contributed by atoms with Crippen LogP contribution in [-0.4, -0.2) is 16.1 Å². The van der Waals surface area contributed by atoms with E-state index < -0.39 is 0 Å². The third-order valence-corrected chi connectivity index (χ3v) is 1.76. The molecular weight excluding hydrogens is 142 g/mol. The second kappa shape index (κ2) is 2.74. The van der Waals surface area contributed by atoms with Gasteiger partial charge in [0.05, 0.1) is 12.1 Å². The Morgan fingerprint density at radius 1 is 1.82 bits per heavy atom. The predicted molar refractivity (Wildman–Crippen MR) is 40.9 cm³/mol. The first-order valence-electron chi connectivity index (χ1n) is 3.42. The second-order valence-electron chi connectivity index (χ2n) is 2.57. The average Bonchev–Trinajstić information content (AvgIpc) is 2.33. The molecule has 0 aliphatic carbocycles. The lowest BCUT2D eigenvalue weighted by Gasteiger charge is -2.03. The summed E-state index contributed by atoms with van der Waals surface area (Å²) in [5, 5.41) is 6.54. The Bertz CT molecular complexity index is 266. The third kappa shape index (κ3) is 1.39. The zero-order valence-electron chi connectivity index (χ0n) is 6.59. The van der Waals surface area contributed by atoms with E-state index in [4.69, 9.17) is 5.73 Å². The highest BCUT2D eigenvalue weighted by Gasteiger charge is 2.14. The maximum Gasteiger partial charge on any atom is 0.224 e. The van der Waals surface area contributed by atoms with Crippen LogP contribution in [0.2, 0.25) is 0 Å². The van der Waals surface area contributed by atoms with Crippen LogP contribution in [0.4, 0.5) is 0 Å². The van der Waals surface area contributed by atoms with Crippen LogP contribution in [0, 0.1) is 6.92 Å². The summed E-state index contributed by atoms with van der Waals surface area (Å²) in [5.41, 5.74) is 6.89. The molecule has 1 aromatic heterocycles. The molecule has 0 aromatic carbocycles. The van der Waals surface area contributed by atoms with Crippen LogP contribution < -0.4 is 5.73 Å². The van der Waals surface area contributed by atoms with E-state index in [0.29, 0.717) is 0 Å². The van der Waals surface area contributed by atoms with Crippen molar-refractivity contribution in [1.82, 2.24) is 10.2 Å². The normalized spacial score (nSPS) is 12.9. The zero-order chi connectivity index (χ0) is 8.43. The first kappa shape index (κ1) is 7.78. The molecule has 1 heterocycles. The number of nitrogens with two attached hydrogens (primary N) is 1. The summed E-state index contributed by atoms with van der Waals surface area (Å²) in [6, 6.07) is 0. The fourth-order valence-corrected chi connectivity index (χ4v) is 0.950. The minimum Gasteiger partial charge on any atom is -0.369 e. The minimum atomic E-state index is -0.325. The highest BCUT2D eigenvalue weighted by Crippen LogP contribution is 2.15. The van der Waals surface area contributed by atoms with Gasteiger partial charge in [0, 0.05) is 11.3 Å². The van der Waals surface area contributed by atoms with Gasteiger partial charge in [-0.05, 0) is 13.8 Å². The molecule has 11 heavy (non-hydrogen) atoms. The fraction of sp³-hybridized carbons (Fsp3) is 0.429. The zero-order valence-corrected chi connectivity index (χ0v) is 6.59. The molecule has 0 aliphatic heterocycles. The lowest BCUT2D eigenvalue weighted by Crippen LogP contribution is -2.18. The number of carbonyl (C=O) groups is 1. The number of carbonyl (C=O) groups excluding carboxylic acids is 1. The fourth-order valence-electron chi connectivity index (χ4n) is 0.950. The van der Waals surface area contributed by atoms with Gasteiger partial charge in [-0.3, -0.25) is 9.89 Å². The van der Waals surface area contributed by atoms with E-state index in [0.717, 1.165) is 11.3 Å². The van der Waals surface area contributed by atoms with Crippen LogP contribution in [-0.2, 0) is 4.79 Å². The van der Waals surface area contributed by atoms with E-state index in [1.165, 1.54) is 0 Å². The van der Waals surface area contributed by atoms with E-state index in [2.05, 4.69) is 10.2 Å². The van der Waals surface area contributed by atoms with Crippen LogP contribution in [0.15, 0.2) is 6.20 Å². The van der Waals surface area contributed by atoms with Crippen LogP contribution in [0.1, 0.15) is 24.1 Å². The summed E-state index contributed by atoms with van der Waals surface area (Å²) >= 11 is 0. The van der Waals surface area contributed by atoms with E-state index in [1.807, 2.05) is 6.92 Å². The SMILES string of the molecule is Cc1[nH]ncc1C(C)C(N)=O. The average molecular weight is 153 g/mol. The molecule has 0 aliphatic rings. The minimum absolute atomic E-state index is 0.256. The number of primary amides is 1. The molecule has 1 aromatic rings. The summed E-state index contributed by atoms with van der Waals surface area (Å²) in [4.78, 5) is 10.7. The number of aromatic nitrogens is 2. The van der Waals surface area contributed by atoms with Crippen LogP contribution in [0.3, 0.4) is 0 Å². The van der Waals surface area contributed by atoms with Crippen molar-refractivity contribution in [2.75, 3.05) is 0 Å². The molecule has 0 radical (unpaired) electrons. The standard InChI is InChI=1S/C7H11N3O/c1-4(7(8)11)6-3-9-10-5(6)2/h3-4H,1-2H3,(H2,8,11)(H,9,10). The first-order valence-corrected chi connectivity index (χ1v) is 3.42. The molecule has 0 fully saturated rings. The topological polar surface area (TPSA) is 71.8 Å². The molecule has 4 nitrogen and oxygen atoms in total. The maximum absolute atomic E-state index is 10.7. The lowest BCUT2D eigenvalue weighted by atomic mass is 10.0. The monoisotopic (exact) mass is 153 g/mol. The van der Waals surface area contributed by atoms with E-state index in [1.54, 1.807) is 13.1 Å². The van der Waals surface area contributed by atoms with Crippen molar-refractivity contribution in [3.8, 4) is 0 Å². The molecular formula is C7H11N3O. The van der Waals surface area contributed by atoms with Crippen molar-refractivity contribution in [1.29, 1.82) is 0 Å². The molecule has 0 spiro atoms. The molecule has 0 saturated carbocycles. The Hall–Kier alpha value is -1.32. The van der Waals surface area contributed by atoms with E-state index in [-0.39, 0.29) is 11.8 Å². The molecule has 3 N–H and O–H groups in total. The number of H-pyrrole nitrogens is 1. The molecule has 0 saturated heterocycles. The number of hydrogen-bond acceptors (Lipinski definition) is 2. The lowest BCUT2D eigenvalue weighted by molar-refractivity contribution is -0.119. The summed E-state index contributed by atoms with van der Waals surface area (Å²) < 4.78 is 0. The van der Waals surface area contributed by atoms with Gasteiger partial charge in [-0.25, -0.2) is 0 Å². The van der Waals surface area contributed by atoms with Crippen molar-refractivity contribution in [3.63, 3.8) is 0 Å². The van der Waals surface area contributed by atoms with Crippen molar-refractivity contribution in [2.24, 2.45) is 5.73 Å². The number of rotatable bonds is 2. The van der Waals surface area contributed by atoms with Crippen LogP contribution in [0.5, 0.6) is 0 Å². The molecule has 1 amide bonds. The maximum atomic E-state index is 10.7. The first-order chi connectivity index (χ1) is 5.13. The van der Waals surface area contributed by atoms with Gasteiger partial charge in [-0.15, -0.1) is 0 Å². The van der Waals surface area contributed by atoms with Gasteiger partial charge in [0.1, 0.15) is 0 Å². The molecule has 1 unspecified atom stereocenters. The molecule has 60 valence electrons. The highest BCUT2D eigenvalue weighted by molar-refractivity contribution is 5.81. The predicted octanol–water partition coefficient (Wildman–Crippen LogP) is 0.307. The van der Waals surface area contributed by atoms with Crippen molar-refractivity contribution >= 4 is 5.91 Å². The van der Waals surface area contributed by atoms with Gasteiger partial charge in [0.15, 0.2) is 0 Å². The van der Waals surface area contributed by atoms with Gasteiger partial charge in [0.2, 0.25) is 5.91 Å². The number of aryl methyl sites for hydroxylation is 1. The van der Waals surface area contributed by atoms with Gasteiger partial charge in [-0.1, -0.05) is 0 Å². The van der Waals surface area contributed by atoms with Crippen LogP contribution >= 0.6 is 0 Å². The van der Waals surface area contributed by atoms with Crippen molar-refractivity contribution < 1.29 is 4.79 Å². The number of aromatic amines is 1. The molecule has 1 atom stereocenters. The van der Waals surface area contributed by atoms with Gasteiger partial charge < -0.3 is 5.73 Å². The van der Waals surface area contributed by atoms with Crippen molar-refractivity contribution in [2.45, 2.75) is 19.8 Å². The quantitative estimate of drug-likeness (QED) is 0.641. The van der Waals surface area contributed by atoms with Gasteiger partial charge >= 0.3 is 0 Å². The summed E-state index contributed by atoms with van der Waals surface area (Å²) in [6.07, 6.45) is 1.63. The summed E-state index contributed by atoms with van der Waals surface area (Å²) in [7, 11) is 0. The molecule has 4 heteroatoms. The Morgan fingerprint density at radius 2 is 2.45 bits per heavy atom. The smallest absolute Gasteiger partial charge is 0.224 e. The number of nitrogens with zero attached hydrogens (tertiary/aromatic N) is 1. The van der Waals surface area contributed by atoms with Crippen molar-refractivity contribution in [3.05, 3.63) is 17.5 Å². The Balaban J connectivity index is 2.92. The molecule has 0 bridgehead atoms. The van der Waals surface area contributed by atoms with Crippen LogP contribution in [0.25, 0.3) is 0 Å². The van der Waals surface area contributed by atoms with E-state index in [9.17, 15) is 4.79 Å². The number of nitrogens with one attached hydrogen (secondary N) is 1. The molecule has 1 rings (SSSR count). The Morgan fingerprint density at radius 3 is 2.82 bits per heavy atom. The Labute approximate surface area is 64.8 Å². The number of amides is 1. The summed E-state index contributed by atoms with van der Waals surface area (Å²) in [6.45, 7) is 3.63. The van der Waals surface area contributed by atoms with Gasteiger partial charge in [0.25, 0.3) is 0 Å². The Kier molecular flexibility index (Phi) is 1.94. The third-order valence-electron chi connectivity index (χ3n) is 1.76. The van der Waals surface area contributed by atoms with Gasteiger partial charge in [-0.2, -0.15) is 5.10 Å². The largest absolute Gasteiger partial charge is 0.369 e. The van der Waals surface area contributed by atoms with E-state index >= 15 is 0 Å².